The summed E-state index contributed by atoms with van der Waals surface area (Å²) in [6.45, 7) is 14.1. The molecule has 0 spiro atoms. The molecule has 0 bridgehead atoms. The minimum atomic E-state index is -3.70. The number of sulfonamides is 1. The molecule has 1 saturated heterocycles. The van der Waals surface area contributed by atoms with Gasteiger partial charge in [-0.25, -0.2) is 8.42 Å². The van der Waals surface area contributed by atoms with Gasteiger partial charge in [-0.05, 0) is 49.8 Å². The maximum atomic E-state index is 13.4. The third kappa shape index (κ3) is 6.92. The van der Waals surface area contributed by atoms with Gasteiger partial charge in [-0.15, -0.1) is 0 Å². The van der Waals surface area contributed by atoms with Gasteiger partial charge < -0.3 is 15.2 Å². The van der Waals surface area contributed by atoms with Crippen LogP contribution in [0.1, 0.15) is 64.2 Å². The topological polar surface area (TPSA) is 103 Å². The molecule has 1 fully saturated rings. The number of benzene rings is 1. The maximum absolute atomic E-state index is 13.4. The van der Waals surface area contributed by atoms with Gasteiger partial charge >= 0.3 is 0 Å². The monoisotopic (exact) mass is 504 g/mol. The second-order valence-corrected chi connectivity index (χ2v) is 12.4. The molecule has 1 aliphatic heterocycles. The molecule has 0 saturated carbocycles. The van der Waals surface area contributed by atoms with Crippen LogP contribution in [0.25, 0.3) is 10.9 Å². The summed E-state index contributed by atoms with van der Waals surface area (Å²) < 4.78 is 28.3. The third-order valence-corrected chi connectivity index (χ3v) is 8.38. The number of amides is 1. The van der Waals surface area contributed by atoms with Crippen molar-refractivity contribution in [3.05, 3.63) is 40.2 Å². The number of H-pyrrole nitrogens is 1. The number of nitrogens with zero attached hydrogens (tertiary/aromatic N) is 2. The summed E-state index contributed by atoms with van der Waals surface area (Å²) in [7, 11) is -3.70. The highest BCUT2D eigenvalue weighted by Gasteiger charge is 2.31. The molecular formula is C26H40N4O4S. The van der Waals surface area contributed by atoms with Crippen molar-refractivity contribution in [2.24, 2.45) is 11.8 Å². The highest BCUT2D eigenvalue weighted by molar-refractivity contribution is 7.89. The van der Waals surface area contributed by atoms with E-state index in [1.165, 1.54) is 18.2 Å². The molecule has 1 aliphatic rings. The van der Waals surface area contributed by atoms with Gasteiger partial charge in [0.25, 0.3) is 5.91 Å². The fourth-order valence-corrected chi connectivity index (χ4v) is 6.58. The lowest BCUT2D eigenvalue weighted by Crippen LogP contribution is -2.41. The SMILES string of the molecule is CC(C)CN(CCNC(=O)c1cc(=O)[nH]c2ccc(S(=O)(=O)N3CCCC[C@H]3C)cc12)CC(C)C. The zero-order chi connectivity index (χ0) is 25.8. The third-order valence-electron chi connectivity index (χ3n) is 6.37. The standard InChI is InChI=1S/C26H40N4O4S/c1-18(2)16-29(17-19(3)4)13-11-27-26(32)23-15-25(31)28-24-10-9-21(14-22(23)24)35(33,34)30-12-7-6-8-20(30)5/h9-10,14-15,18-20H,6-8,11-13,16-17H2,1-5H3,(H,27,32)(H,28,31)/t20-/m1/s1. The molecule has 1 amide bonds. The van der Waals surface area contributed by atoms with Crippen LogP contribution >= 0.6 is 0 Å². The smallest absolute Gasteiger partial charge is 0.252 e. The Balaban J connectivity index is 1.85. The first-order valence-corrected chi connectivity index (χ1v) is 14.1. The van der Waals surface area contributed by atoms with Crippen LogP contribution in [-0.4, -0.2) is 67.3 Å². The second kappa shape index (κ2) is 11.7. The van der Waals surface area contributed by atoms with Crippen LogP contribution in [0.4, 0.5) is 0 Å². The van der Waals surface area contributed by atoms with E-state index in [1.54, 1.807) is 10.4 Å². The summed E-state index contributed by atoms with van der Waals surface area (Å²) in [5.74, 6) is 0.657. The van der Waals surface area contributed by atoms with Crippen LogP contribution in [-0.2, 0) is 10.0 Å². The Hall–Kier alpha value is -2.23. The molecule has 3 rings (SSSR count). The van der Waals surface area contributed by atoms with Crippen molar-refractivity contribution in [1.29, 1.82) is 0 Å². The summed E-state index contributed by atoms with van der Waals surface area (Å²) in [5, 5.41) is 3.36. The molecule has 1 aromatic carbocycles. The number of hydrogen-bond acceptors (Lipinski definition) is 5. The highest BCUT2D eigenvalue weighted by Crippen LogP contribution is 2.27. The lowest BCUT2D eigenvalue weighted by atomic mass is 10.1. The zero-order valence-electron chi connectivity index (χ0n) is 21.6. The predicted octanol–water partition coefficient (Wildman–Crippen LogP) is 3.44. The summed E-state index contributed by atoms with van der Waals surface area (Å²) in [6.07, 6.45) is 2.68. The normalized spacial score (nSPS) is 17.5. The summed E-state index contributed by atoms with van der Waals surface area (Å²) in [5.41, 5.74) is 0.227. The van der Waals surface area contributed by atoms with Crippen molar-refractivity contribution in [2.75, 3.05) is 32.7 Å². The number of rotatable bonds is 10. The molecule has 0 unspecified atom stereocenters. The van der Waals surface area contributed by atoms with Crippen LogP contribution in [0.2, 0.25) is 0 Å². The fraction of sp³-hybridized carbons (Fsp3) is 0.615. The number of piperidine rings is 1. The molecule has 0 aliphatic carbocycles. The molecule has 35 heavy (non-hydrogen) atoms. The van der Waals surface area contributed by atoms with Gasteiger partial charge in [-0.2, -0.15) is 4.31 Å². The van der Waals surface area contributed by atoms with Crippen molar-refractivity contribution in [3.63, 3.8) is 0 Å². The van der Waals surface area contributed by atoms with Gasteiger partial charge in [0.15, 0.2) is 0 Å². The van der Waals surface area contributed by atoms with Crippen molar-refractivity contribution in [3.8, 4) is 0 Å². The van der Waals surface area contributed by atoms with E-state index in [0.717, 1.165) is 32.4 Å². The van der Waals surface area contributed by atoms with Crippen molar-refractivity contribution in [2.45, 2.75) is 64.8 Å². The Labute approximate surface area is 209 Å². The Morgan fingerprint density at radius 2 is 1.83 bits per heavy atom. The van der Waals surface area contributed by atoms with E-state index in [4.69, 9.17) is 0 Å². The van der Waals surface area contributed by atoms with Gasteiger partial charge in [-0.3, -0.25) is 9.59 Å². The average Bonchev–Trinajstić information content (AvgIpc) is 2.77. The lowest BCUT2D eigenvalue weighted by Gasteiger charge is -2.32. The number of carbonyl (C=O) groups excluding carboxylic acids is 1. The number of fused-ring (bicyclic) bond motifs is 1. The molecule has 8 nitrogen and oxygen atoms in total. The van der Waals surface area contributed by atoms with E-state index in [2.05, 4.69) is 42.9 Å². The van der Waals surface area contributed by atoms with Crippen LogP contribution < -0.4 is 10.9 Å². The van der Waals surface area contributed by atoms with E-state index in [-0.39, 0.29) is 22.4 Å². The summed E-state index contributed by atoms with van der Waals surface area (Å²) in [4.78, 5) is 30.5. The van der Waals surface area contributed by atoms with E-state index in [0.29, 0.717) is 42.4 Å². The minimum Gasteiger partial charge on any atom is -0.351 e. The molecule has 2 heterocycles. The molecule has 0 radical (unpaired) electrons. The number of aromatic amines is 1. The largest absolute Gasteiger partial charge is 0.351 e. The zero-order valence-corrected chi connectivity index (χ0v) is 22.5. The fourth-order valence-electron chi connectivity index (χ4n) is 4.86. The first kappa shape index (κ1) is 27.4. The van der Waals surface area contributed by atoms with E-state index in [1.807, 2.05) is 6.92 Å². The van der Waals surface area contributed by atoms with Gasteiger partial charge in [0.05, 0.1) is 10.5 Å². The Morgan fingerprint density at radius 3 is 2.46 bits per heavy atom. The van der Waals surface area contributed by atoms with Crippen LogP contribution in [0, 0.1) is 11.8 Å². The molecule has 194 valence electrons. The number of pyridine rings is 1. The van der Waals surface area contributed by atoms with E-state index < -0.39 is 15.6 Å². The van der Waals surface area contributed by atoms with Crippen molar-refractivity contribution < 1.29 is 13.2 Å². The summed E-state index contributed by atoms with van der Waals surface area (Å²) in [6, 6.07) is 5.77. The Kier molecular flexibility index (Phi) is 9.12. The number of hydrogen-bond donors (Lipinski definition) is 2. The molecule has 2 aromatic rings. The Morgan fingerprint density at radius 1 is 1.14 bits per heavy atom. The van der Waals surface area contributed by atoms with Gasteiger partial charge in [-0.1, -0.05) is 34.1 Å². The van der Waals surface area contributed by atoms with Crippen LogP contribution in [0.5, 0.6) is 0 Å². The lowest BCUT2D eigenvalue weighted by molar-refractivity contribution is 0.0947. The molecular weight excluding hydrogens is 464 g/mol. The van der Waals surface area contributed by atoms with Gasteiger partial charge in [0.2, 0.25) is 15.6 Å². The second-order valence-electron chi connectivity index (χ2n) is 10.5. The first-order chi connectivity index (χ1) is 16.5. The number of carbonyl (C=O) groups is 1. The molecule has 9 heteroatoms. The van der Waals surface area contributed by atoms with Crippen molar-refractivity contribution >= 4 is 26.8 Å². The summed E-state index contributed by atoms with van der Waals surface area (Å²) >= 11 is 0. The van der Waals surface area contributed by atoms with Crippen molar-refractivity contribution in [1.82, 2.24) is 19.5 Å². The van der Waals surface area contributed by atoms with E-state index in [9.17, 15) is 18.0 Å². The minimum absolute atomic E-state index is 0.0672. The number of aromatic nitrogens is 1. The quantitative estimate of drug-likeness (QED) is 0.516. The van der Waals surface area contributed by atoms with E-state index >= 15 is 0 Å². The molecule has 1 atom stereocenters. The predicted molar refractivity (Wildman–Crippen MR) is 140 cm³/mol. The highest BCUT2D eigenvalue weighted by atomic mass is 32.2. The first-order valence-electron chi connectivity index (χ1n) is 12.7. The maximum Gasteiger partial charge on any atom is 0.252 e. The Bertz CT molecular complexity index is 1180. The van der Waals surface area contributed by atoms with Crippen LogP contribution in [0.3, 0.4) is 0 Å². The average molecular weight is 505 g/mol. The molecule has 2 N–H and O–H groups in total. The number of nitrogens with one attached hydrogen (secondary N) is 2. The van der Waals surface area contributed by atoms with Gasteiger partial charge in [0.1, 0.15) is 0 Å². The van der Waals surface area contributed by atoms with Gasteiger partial charge in [0, 0.05) is 55.7 Å². The molecule has 1 aromatic heterocycles. The van der Waals surface area contributed by atoms with Crippen LogP contribution in [0.15, 0.2) is 34.0 Å².